The minimum absolute atomic E-state index is 0.174. The Balaban J connectivity index is 2.50. The number of carbonyl (C=O) groups is 3. The topological polar surface area (TPSA) is 81.7 Å². The lowest BCUT2D eigenvalue weighted by Crippen LogP contribution is -2.49. The Morgan fingerprint density at radius 3 is 2.52 bits per heavy atom. The molecule has 2 rings (SSSR count). The molecule has 2 atom stereocenters. The molecule has 1 unspecified atom stereocenters. The predicted octanol–water partition coefficient (Wildman–Crippen LogP) is 2.39. The minimum Gasteiger partial charge on any atom is -0.465 e. The molecule has 1 aliphatic rings. The van der Waals surface area contributed by atoms with E-state index >= 15 is 0 Å². The normalized spacial score (nSPS) is 21.6. The van der Waals surface area contributed by atoms with Gasteiger partial charge in [0, 0.05) is 6.42 Å². The van der Waals surface area contributed by atoms with Gasteiger partial charge >= 0.3 is 12.1 Å². The summed E-state index contributed by atoms with van der Waals surface area (Å²) in [4.78, 5) is 37.0. The number of amides is 1. The summed E-state index contributed by atoms with van der Waals surface area (Å²) in [6.45, 7) is 1.86. The van der Waals surface area contributed by atoms with Crippen molar-refractivity contribution in [3.05, 3.63) is 35.9 Å². The molecule has 0 bridgehead atoms. The van der Waals surface area contributed by atoms with Crippen LogP contribution in [0, 0.1) is 5.41 Å². The van der Waals surface area contributed by atoms with Crippen LogP contribution in [0.1, 0.15) is 37.8 Å². The highest BCUT2D eigenvalue weighted by Crippen LogP contribution is 2.46. The second-order valence-electron chi connectivity index (χ2n) is 5.45. The maximum atomic E-state index is 12.6. The van der Waals surface area contributed by atoms with Crippen LogP contribution in [0.2, 0.25) is 0 Å². The monoisotopic (exact) mass is 319 g/mol. The third-order valence-corrected chi connectivity index (χ3v) is 4.19. The molecule has 1 N–H and O–H groups in total. The molecule has 1 amide bonds. The van der Waals surface area contributed by atoms with Crippen LogP contribution >= 0.6 is 0 Å². The molecule has 1 aromatic carbocycles. The van der Waals surface area contributed by atoms with Gasteiger partial charge in [0.05, 0.1) is 19.8 Å². The van der Waals surface area contributed by atoms with Crippen molar-refractivity contribution in [2.75, 3.05) is 13.7 Å². The number of rotatable bonds is 5. The van der Waals surface area contributed by atoms with E-state index < -0.39 is 23.5 Å². The Labute approximate surface area is 135 Å². The number of methoxy groups -OCH3 is 1. The van der Waals surface area contributed by atoms with Gasteiger partial charge in [0.2, 0.25) is 0 Å². The third kappa shape index (κ3) is 3.21. The van der Waals surface area contributed by atoms with E-state index in [1.165, 1.54) is 7.11 Å². The standard InChI is InChI=1S/C17H21NO5/c1-3-23-15(20)17(11-7-10-13(17)19)14(18-16(21)22-2)12-8-5-4-6-9-12/h4-6,8-9,14H,3,7,10-11H2,1-2H3,(H,18,21)/t14?,17-/m0/s1. The van der Waals surface area contributed by atoms with Gasteiger partial charge < -0.3 is 14.8 Å². The zero-order chi connectivity index (χ0) is 16.9. The van der Waals surface area contributed by atoms with Crippen molar-refractivity contribution < 1.29 is 23.9 Å². The summed E-state index contributed by atoms with van der Waals surface area (Å²) in [5, 5.41) is 2.65. The first-order valence-electron chi connectivity index (χ1n) is 7.66. The van der Waals surface area contributed by atoms with Crippen LogP contribution < -0.4 is 5.32 Å². The largest absolute Gasteiger partial charge is 0.465 e. The van der Waals surface area contributed by atoms with Gasteiger partial charge in [-0.15, -0.1) is 0 Å². The summed E-state index contributed by atoms with van der Waals surface area (Å²) in [5.41, 5.74) is -0.729. The van der Waals surface area contributed by atoms with Crippen molar-refractivity contribution in [1.82, 2.24) is 5.32 Å². The van der Waals surface area contributed by atoms with E-state index in [0.717, 1.165) is 0 Å². The Morgan fingerprint density at radius 2 is 2.00 bits per heavy atom. The number of ketones is 1. The van der Waals surface area contributed by atoms with Gasteiger partial charge in [-0.05, 0) is 25.3 Å². The van der Waals surface area contributed by atoms with Crippen LogP contribution in [-0.4, -0.2) is 31.6 Å². The van der Waals surface area contributed by atoms with E-state index in [9.17, 15) is 14.4 Å². The van der Waals surface area contributed by atoms with Crippen LogP contribution in [0.5, 0.6) is 0 Å². The van der Waals surface area contributed by atoms with E-state index in [1.54, 1.807) is 31.2 Å². The Morgan fingerprint density at radius 1 is 1.30 bits per heavy atom. The van der Waals surface area contributed by atoms with Gasteiger partial charge in [0.1, 0.15) is 0 Å². The number of carbonyl (C=O) groups excluding carboxylic acids is 3. The molecule has 0 radical (unpaired) electrons. The summed E-state index contributed by atoms with van der Waals surface area (Å²) >= 11 is 0. The van der Waals surface area contributed by atoms with Crippen LogP contribution in [0.4, 0.5) is 4.79 Å². The molecule has 0 saturated heterocycles. The highest BCUT2D eigenvalue weighted by atomic mass is 16.5. The molecule has 0 spiro atoms. The molecular formula is C17H21NO5. The zero-order valence-electron chi connectivity index (χ0n) is 13.3. The summed E-state index contributed by atoms with van der Waals surface area (Å²) in [6, 6.07) is 8.14. The van der Waals surface area contributed by atoms with Gasteiger partial charge in [0.15, 0.2) is 11.2 Å². The molecular weight excluding hydrogens is 298 g/mol. The molecule has 1 aliphatic carbocycles. The van der Waals surface area contributed by atoms with E-state index in [4.69, 9.17) is 4.74 Å². The van der Waals surface area contributed by atoms with Gasteiger partial charge in [-0.3, -0.25) is 9.59 Å². The molecule has 1 saturated carbocycles. The average Bonchev–Trinajstić information content (AvgIpc) is 2.95. The molecule has 0 heterocycles. The second kappa shape index (κ2) is 7.26. The number of esters is 1. The van der Waals surface area contributed by atoms with Crippen LogP contribution in [0.25, 0.3) is 0 Å². The average molecular weight is 319 g/mol. The van der Waals surface area contributed by atoms with Crippen LogP contribution in [-0.2, 0) is 19.1 Å². The molecule has 124 valence electrons. The van der Waals surface area contributed by atoms with Crippen molar-refractivity contribution >= 4 is 17.8 Å². The van der Waals surface area contributed by atoms with Crippen LogP contribution in [0.3, 0.4) is 0 Å². The van der Waals surface area contributed by atoms with Crippen molar-refractivity contribution in [1.29, 1.82) is 0 Å². The number of alkyl carbamates (subject to hydrolysis) is 1. The zero-order valence-corrected chi connectivity index (χ0v) is 13.3. The van der Waals surface area contributed by atoms with E-state index in [1.807, 2.05) is 6.07 Å². The third-order valence-electron chi connectivity index (χ3n) is 4.19. The van der Waals surface area contributed by atoms with Gasteiger partial charge in [-0.1, -0.05) is 30.3 Å². The van der Waals surface area contributed by atoms with Gasteiger partial charge in [-0.2, -0.15) is 0 Å². The second-order valence-corrected chi connectivity index (χ2v) is 5.45. The van der Waals surface area contributed by atoms with Crippen molar-refractivity contribution in [3.63, 3.8) is 0 Å². The minimum atomic E-state index is -1.40. The number of nitrogens with one attached hydrogen (secondary N) is 1. The SMILES string of the molecule is CCOC(=O)[C@@]1(C(NC(=O)OC)c2ccccc2)CCCC1=O. The number of hydrogen-bond acceptors (Lipinski definition) is 5. The lowest BCUT2D eigenvalue weighted by Gasteiger charge is -2.34. The Bertz CT molecular complexity index is 586. The molecule has 6 heteroatoms. The van der Waals surface area contributed by atoms with E-state index in [0.29, 0.717) is 24.8 Å². The van der Waals surface area contributed by atoms with Crippen molar-refractivity contribution in [2.45, 2.75) is 32.2 Å². The molecule has 1 fully saturated rings. The highest BCUT2D eigenvalue weighted by Gasteiger charge is 2.56. The highest BCUT2D eigenvalue weighted by molar-refractivity contribution is 6.06. The first-order valence-corrected chi connectivity index (χ1v) is 7.66. The Kier molecular flexibility index (Phi) is 5.36. The Hall–Kier alpha value is -2.37. The quantitative estimate of drug-likeness (QED) is 0.665. The predicted molar refractivity (Wildman–Crippen MR) is 82.6 cm³/mol. The van der Waals surface area contributed by atoms with E-state index in [-0.39, 0.29) is 12.4 Å². The summed E-state index contributed by atoms with van der Waals surface area (Å²) in [7, 11) is 1.24. The van der Waals surface area contributed by atoms with Gasteiger partial charge in [0.25, 0.3) is 0 Å². The summed E-state index contributed by atoms with van der Waals surface area (Å²) in [6.07, 6.45) is 0.533. The van der Waals surface area contributed by atoms with Gasteiger partial charge in [-0.25, -0.2) is 4.79 Å². The van der Waals surface area contributed by atoms with Crippen molar-refractivity contribution in [3.8, 4) is 0 Å². The lowest BCUT2D eigenvalue weighted by atomic mass is 9.74. The summed E-state index contributed by atoms with van der Waals surface area (Å²) in [5.74, 6) is -0.797. The first kappa shape index (κ1) is 17.0. The summed E-state index contributed by atoms with van der Waals surface area (Å²) < 4.78 is 9.83. The number of ether oxygens (including phenoxy) is 2. The smallest absolute Gasteiger partial charge is 0.407 e. The molecule has 0 aromatic heterocycles. The molecule has 6 nitrogen and oxygen atoms in total. The van der Waals surface area contributed by atoms with Crippen molar-refractivity contribution in [2.24, 2.45) is 5.41 Å². The van der Waals surface area contributed by atoms with Crippen LogP contribution in [0.15, 0.2) is 30.3 Å². The molecule has 23 heavy (non-hydrogen) atoms. The lowest BCUT2D eigenvalue weighted by molar-refractivity contribution is -0.161. The number of benzene rings is 1. The maximum Gasteiger partial charge on any atom is 0.407 e. The van der Waals surface area contributed by atoms with E-state index in [2.05, 4.69) is 10.1 Å². The molecule has 0 aliphatic heterocycles. The fraction of sp³-hybridized carbons (Fsp3) is 0.471. The fourth-order valence-corrected chi connectivity index (χ4v) is 3.10. The fourth-order valence-electron chi connectivity index (χ4n) is 3.10. The number of hydrogen-bond donors (Lipinski definition) is 1. The maximum absolute atomic E-state index is 12.6. The first-order chi connectivity index (χ1) is 11.1. The number of Topliss-reactive ketones (excluding diaryl/α,β-unsaturated/α-hetero) is 1. The molecule has 1 aromatic rings.